The molecule has 0 amide bonds. The molecule has 3 aromatic rings. The van der Waals surface area contributed by atoms with Gasteiger partial charge < -0.3 is 9.47 Å². The smallest absolute Gasteiger partial charge is 0.206 e. The van der Waals surface area contributed by atoms with Gasteiger partial charge in [0.2, 0.25) is 9.84 Å². The summed E-state index contributed by atoms with van der Waals surface area (Å²) < 4.78 is 37.5. The molecule has 164 valence electrons. The fraction of sp³-hybridized carbons (Fsp3) is 0.185. The standard InChI is InChI=1S/C27H26O4S/c1-21-6-5-9-23(18-21)20-31-25-12-16-27(17-13-25)32(28,29)26-14-10-24(11-15-26)30-19-22-7-3-2-4-8-22/h2-5,7-18,21H,6,19-20H2,1H3. The molecule has 32 heavy (non-hydrogen) atoms. The highest BCUT2D eigenvalue weighted by molar-refractivity contribution is 7.91. The molecule has 1 aliphatic rings. The molecule has 4 rings (SSSR count). The summed E-state index contributed by atoms with van der Waals surface area (Å²) in [5, 5.41) is 0. The molecule has 3 aromatic carbocycles. The van der Waals surface area contributed by atoms with Crippen molar-refractivity contribution in [2.45, 2.75) is 29.7 Å². The fourth-order valence-corrected chi connectivity index (χ4v) is 4.75. The Bertz CT molecular complexity index is 1190. The van der Waals surface area contributed by atoms with Crippen LogP contribution in [-0.4, -0.2) is 15.0 Å². The van der Waals surface area contributed by atoms with E-state index in [-0.39, 0.29) is 9.79 Å². The molecule has 0 aliphatic heterocycles. The lowest BCUT2D eigenvalue weighted by Crippen LogP contribution is -2.05. The van der Waals surface area contributed by atoms with Gasteiger partial charge in [-0.15, -0.1) is 0 Å². The van der Waals surface area contributed by atoms with Gasteiger partial charge in [0.15, 0.2) is 0 Å². The Morgan fingerprint density at radius 2 is 1.34 bits per heavy atom. The Morgan fingerprint density at radius 3 is 1.91 bits per heavy atom. The number of hydrogen-bond acceptors (Lipinski definition) is 4. The average Bonchev–Trinajstić information content (AvgIpc) is 2.83. The Balaban J connectivity index is 1.38. The van der Waals surface area contributed by atoms with E-state index in [9.17, 15) is 8.42 Å². The zero-order valence-corrected chi connectivity index (χ0v) is 18.8. The lowest BCUT2D eigenvalue weighted by Gasteiger charge is -2.13. The molecular weight excluding hydrogens is 420 g/mol. The molecule has 1 aliphatic carbocycles. The average molecular weight is 447 g/mol. The van der Waals surface area contributed by atoms with Gasteiger partial charge in [0.05, 0.1) is 9.79 Å². The molecule has 0 saturated carbocycles. The Morgan fingerprint density at radius 1 is 0.781 bits per heavy atom. The van der Waals surface area contributed by atoms with E-state index in [1.165, 1.54) is 0 Å². The van der Waals surface area contributed by atoms with Crippen molar-refractivity contribution in [1.29, 1.82) is 0 Å². The van der Waals surface area contributed by atoms with E-state index in [4.69, 9.17) is 9.47 Å². The normalized spacial score (nSPS) is 15.8. The number of ether oxygens (including phenoxy) is 2. The Hall–Kier alpha value is -3.31. The molecule has 0 heterocycles. The van der Waals surface area contributed by atoms with Crippen LogP contribution in [-0.2, 0) is 16.4 Å². The van der Waals surface area contributed by atoms with Gasteiger partial charge in [-0.05, 0) is 72.0 Å². The van der Waals surface area contributed by atoms with Gasteiger partial charge in [0.1, 0.15) is 24.7 Å². The van der Waals surface area contributed by atoms with E-state index < -0.39 is 9.84 Å². The predicted molar refractivity (Wildman–Crippen MR) is 126 cm³/mol. The summed E-state index contributed by atoms with van der Waals surface area (Å²) in [5.41, 5.74) is 2.19. The molecule has 1 atom stereocenters. The third-order valence-corrected chi connectivity index (χ3v) is 7.05. The lowest BCUT2D eigenvalue weighted by molar-refractivity contribution is 0.306. The van der Waals surface area contributed by atoms with Crippen molar-refractivity contribution in [3.05, 3.63) is 108 Å². The van der Waals surface area contributed by atoms with Gasteiger partial charge in [-0.3, -0.25) is 0 Å². The summed E-state index contributed by atoms with van der Waals surface area (Å²) in [5.74, 6) is 1.78. The highest BCUT2D eigenvalue weighted by Gasteiger charge is 2.18. The molecule has 0 saturated heterocycles. The van der Waals surface area contributed by atoms with E-state index in [1.807, 2.05) is 30.3 Å². The Labute approximate surface area is 189 Å². The molecule has 0 N–H and O–H groups in total. The van der Waals surface area contributed by atoms with Crippen LogP contribution in [0.3, 0.4) is 0 Å². The zero-order chi connectivity index (χ0) is 22.4. The number of benzene rings is 3. The summed E-state index contributed by atoms with van der Waals surface area (Å²) >= 11 is 0. The van der Waals surface area contributed by atoms with E-state index in [0.29, 0.717) is 30.6 Å². The van der Waals surface area contributed by atoms with Crippen LogP contribution in [0, 0.1) is 5.92 Å². The molecule has 0 radical (unpaired) electrons. The fourth-order valence-electron chi connectivity index (χ4n) is 3.49. The van der Waals surface area contributed by atoms with Crippen LogP contribution in [0.5, 0.6) is 11.5 Å². The monoisotopic (exact) mass is 446 g/mol. The van der Waals surface area contributed by atoms with Gasteiger partial charge >= 0.3 is 0 Å². The lowest BCUT2D eigenvalue weighted by atomic mass is 9.98. The molecule has 5 heteroatoms. The summed E-state index contributed by atoms with van der Waals surface area (Å²) in [7, 11) is -3.62. The van der Waals surface area contributed by atoms with Crippen molar-refractivity contribution in [3.8, 4) is 11.5 Å². The van der Waals surface area contributed by atoms with Crippen molar-refractivity contribution in [2.75, 3.05) is 6.61 Å². The Kier molecular flexibility index (Phi) is 6.76. The summed E-state index contributed by atoms with van der Waals surface area (Å²) in [6, 6.07) is 22.9. The van der Waals surface area contributed by atoms with Crippen LogP contribution in [0.1, 0.15) is 18.9 Å². The molecule has 0 spiro atoms. The second-order valence-corrected chi connectivity index (χ2v) is 9.82. The van der Waals surface area contributed by atoms with Crippen molar-refractivity contribution in [1.82, 2.24) is 0 Å². The van der Waals surface area contributed by atoms with Gasteiger partial charge in [-0.2, -0.15) is 0 Å². The first-order valence-corrected chi connectivity index (χ1v) is 12.1. The first-order chi connectivity index (χ1) is 15.5. The minimum atomic E-state index is -3.62. The van der Waals surface area contributed by atoms with Crippen LogP contribution in [0.2, 0.25) is 0 Å². The highest BCUT2D eigenvalue weighted by Crippen LogP contribution is 2.26. The van der Waals surface area contributed by atoms with Gasteiger partial charge in [-0.1, -0.05) is 55.5 Å². The number of sulfone groups is 1. The van der Waals surface area contributed by atoms with Crippen LogP contribution in [0.25, 0.3) is 0 Å². The minimum Gasteiger partial charge on any atom is -0.489 e. The van der Waals surface area contributed by atoms with Crippen LogP contribution in [0.15, 0.2) is 112 Å². The summed E-state index contributed by atoms with van der Waals surface area (Å²) in [4.78, 5) is 0.456. The number of allylic oxidation sites excluding steroid dienone is 2. The minimum absolute atomic E-state index is 0.227. The van der Waals surface area contributed by atoms with E-state index in [0.717, 1.165) is 17.6 Å². The largest absolute Gasteiger partial charge is 0.489 e. The summed E-state index contributed by atoms with van der Waals surface area (Å²) in [6.45, 7) is 3.07. The molecule has 0 aromatic heterocycles. The quantitative estimate of drug-likeness (QED) is 0.426. The van der Waals surface area contributed by atoms with E-state index in [2.05, 4.69) is 25.2 Å². The molecule has 1 unspecified atom stereocenters. The maximum atomic E-state index is 13.0. The molecule has 0 bridgehead atoms. The van der Waals surface area contributed by atoms with Crippen LogP contribution < -0.4 is 9.47 Å². The second-order valence-electron chi connectivity index (χ2n) is 7.87. The first kappa shape index (κ1) is 21.9. The topological polar surface area (TPSA) is 52.6 Å². The van der Waals surface area contributed by atoms with Crippen LogP contribution in [0.4, 0.5) is 0 Å². The molecular formula is C27H26O4S. The second kappa shape index (κ2) is 9.88. The van der Waals surface area contributed by atoms with Crippen molar-refractivity contribution in [3.63, 3.8) is 0 Å². The molecule has 0 fully saturated rings. The van der Waals surface area contributed by atoms with Gasteiger partial charge in [0, 0.05) is 0 Å². The number of hydrogen-bond donors (Lipinski definition) is 0. The van der Waals surface area contributed by atoms with Crippen molar-refractivity contribution in [2.24, 2.45) is 5.92 Å². The predicted octanol–water partition coefficient (Wildman–Crippen LogP) is 6.00. The van der Waals surface area contributed by atoms with E-state index >= 15 is 0 Å². The SMILES string of the molecule is CC1C=C(COc2ccc(S(=O)(=O)c3ccc(OCc4ccccc4)cc3)cc2)C=CC1. The summed E-state index contributed by atoms with van der Waals surface area (Å²) in [6.07, 6.45) is 7.48. The van der Waals surface area contributed by atoms with Gasteiger partial charge in [0.25, 0.3) is 0 Å². The van der Waals surface area contributed by atoms with E-state index in [1.54, 1.807) is 48.5 Å². The zero-order valence-electron chi connectivity index (χ0n) is 18.0. The van der Waals surface area contributed by atoms with Crippen LogP contribution >= 0.6 is 0 Å². The van der Waals surface area contributed by atoms with Gasteiger partial charge in [-0.25, -0.2) is 8.42 Å². The van der Waals surface area contributed by atoms with Crippen molar-refractivity contribution >= 4 is 9.84 Å². The highest BCUT2D eigenvalue weighted by atomic mass is 32.2. The molecule has 4 nitrogen and oxygen atoms in total. The first-order valence-electron chi connectivity index (χ1n) is 10.6. The van der Waals surface area contributed by atoms with Crippen molar-refractivity contribution < 1.29 is 17.9 Å². The third-order valence-electron chi connectivity index (χ3n) is 5.26. The number of rotatable bonds is 8. The maximum absolute atomic E-state index is 13.0. The third kappa shape index (κ3) is 5.48. The maximum Gasteiger partial charge on any atom is 0.206 e.